The third-order valence-corrected chi connectivity index (χ3v) is 7.39. The Morgan fingerprint density at radius 1 is 1.39 bits per heavy atom. The van der Waals surface area contributed by atoms with E-state index >= 15 is 0 Å². The number of piperidine rings is 1. The van der Waals surface area contributed by atoms with Crippen molar-refractivity contribution in [3.05, 3.63) is 18.1 Å². The van der Waals surface area contributed by atoms with Crippen molar-refractivity contribution in [1.29, 1.82) is 0 Å². The van der Waals surface area contributed by atoms with Crippen LogP contribution < -0.4 is 0 Å². The first-order valence-electron chi connectivity index (χ1n) is 10.9. The summed E-state index contributed by atoms with van der Waals surface area (Å²) in [5.74, 6) is 0.857. The largest absolute Gasteiger partial charge is 0.458 e. The van der Waals surface area contributed by atoms with E-state index in [1.807, 2.05) is 20.5 Å². The minimum atomic E-state index is -0.909. The van der Waals surface area contributed by atoms with E-state index in [9.17, 15) is 9.90 Å². The van der Waals surface area contributed by atoms with Crippen molar-refractivity contribution in [2.24, 2.45) is 23.7 Å². The van der Waals surface area contributed by atoms with Gasteiger partial charge in [-0.25, -0.2) is 0 Å². The van der Waals surface area contributed by atoms with Crippen LogP contribution in [0.3, 0.4) is 0 Å². The molecule has 2 fully saturated rings. The number of likely N-dealkylation sites (tertiary alicyclic amines) is 1. The maximum atomic E-state index is 11.6. The van der Waals surface area contributed by atoms with E-state index in [4.69, 9.17) is 9.47 Å². The molecule has 1 aliphatic heterocycles. The quantitative estimate of drug-likeness (QED) is 0.575. The zero-order chi connectivity index (χ0) is 20.5. The van der Waals surface area contributed by atoms with E-state index in [2.05, 4.69) is 24.8 Å². The number of hydrogen-bond acceptors (Lipinski definition) is 5. The minimum Gasteiger partial charge on any atom is -0.458 e. The zero-order valence-electron chi connectivity index (χ0n) is 18.2. The molecule has 1 saturated heterocycles. The number of ether oxygens (including phenoxy) is 2. The number of nitrogens with zero attached hydrogens (tertiary/aromatic N) is 1. The summed E-state index contributed by atoms with van der Waals surface area (Å²) in [5.41, 5.74) is 0.127. The summed E-state index contributed by atoms with van der Waals surface area (Å²) in [6.07, 6.45) is 8.50. The first kappa shape index (κ1) is 21.8. The van der Waals surface area contributed by atoms with Crippen molar-refractivity contribution in [2.45, 2.75) is 71.2 Å². The lowest BCUT2D eigenvalue weighted by molar-refractivity contribution is -0.148. The Kier molecular flexibility index (Phi) is 6.88. The van der Waals surface area contributed by atoms with Crippen molar-refractivity contribution in [3.63, 3.8) is 0 Å². The van der Waals surface area contributed by atoms with Gasteiger partial charge in [-0.2, -0.15) is 0 Å². The molecule has 0 amide bonds. The average Bonchev–Trinajstić information content (AvgIpc) is 2.64. The molecule has 0 aromatic carbocycles. The topological polar surface area (TPSA) is 59.0 Å². The summed E-state index contributed by atoms with van der Waals surface area (Å²) in [6, 6.07) is 0. The number of fused-ring (bicyclic) bond motifs is 1. The van der Waals surface area contributed by atoms with Crippen LogP contribution >= 0.6 is 0 Å². The van der Waals surface area contributed by atoms with Gasteiger partial charge in [-0.05, 0) is 62.5 Å². The summed E-state index contributed by atoms with van der Waals surface area (Å²) in [6.45, 7) is 11.1. The third-order valence-electron chi connectivity index (χ3n) is 7.39. The average molecular weight is 393 g/mol. The van der Waals surface area contributed by atoms with E-state index in [1.165, 1.54) is 13.3 Å². The van der Waals surface area contributed by atoms with Crippen LogP contribution in [0.4, 0.5) is 0 Å². The van der Waals surface area contributed by atoms with Crippen molar-refractivity contribution < 1.29 is 19.4 Å². The van der Waals surface area contributed by atoms with Crippen LogP contribution in [0.2, 0.25) is 0 Å². The van der Waals surface area contributed by atoms with Gasteiger partial charge in [-0.15, -0.1) is 0 Å². The number of carbonyl (C=O) groups excluding carboxylic acids is 1. The van der Waals surface area contributed by atoms with Gasteiger partial charge in [0.15, 0.2) is 0 Å². The molecule has 3 aliphatic rings. The standard InChI is InChI=1S/C23H38NO4/c1-15-11-21-20(16(2)13-24-10-6-7-19(14-24)27-5)9-8-17(3)23(21,26)12-22(15)28-18(4)25/h11-12,16-17,19-22,26H,6-10,13-14H2,1-5H3/t16?,17-,19-,20+,21-,22-,23-/m1/s1. The van der Waals surface area contributed by atoms with Crippen LogP contribution in [0.5, 0.6) is 0 Å². The molecule has 1 radical (unpaired) electrons. The lowest BCUT2D eigenvalue weighted by Gasteiger charge is -2.53. The summed E-state index contributed by atoms with van der Waals surface area (Å²) in [7, 11) is 1.81. The van der Waals surface area contributed by atoms with E-state index in [0.717, 1.165) is 44.5 Å². The van der Waals surface area contributed by atoms with E-state index < -0.39 is 11.7 Å². The smallest absolute Gasteiger partial charge is 0.303 e. The molecule has 7 atom stereocenters. The molecular weight excluding hydrogens is 354 g/mol. The number of carbonyl (C=O) groups is 1. The van der Waals surface area contributed by atoms with Crippen molar-refractivity contribution in [1.82, 2.24) is 4.90 Å². The maximum absolute atomic E-state index is 11.6. The monoisotopic (exact) mass is 392 g/mol. The summed E-state index contributed by atoms with van der Waals surface area (Å²) in [4.78, 5) is 14.0. The van der Waals surface area contributed by atoms with Crippen LogP contribution in [0.25, 0.3) is 0 Å². The molecule has 3 rings (SSSR count). The highest BCUT2D eigenvalue weighted by molar-refractivity contribution is 5.66. The van der Waals surface area contributed by atoms with Gasteiger partial charge in [-0.3, -0.25) is 4.79 Å². The first-order chi connectivity index (χ1) is 13.2. The van der Waals surface area contributed by atoms with Gasteiger partial charge < -0.3 is 19.5 Å². The van der Waals surface area contributed by atoms with Gasteiger partial charge >= 0.3 is 5.97 Å². The van der Waals surface area contributed by atoms with Gasteiger partial charge in [0.05, 0.1) is 11.7 Å². The predicted molar refractivity (Wildman–Crippen MR) is 110 cm³/mol. The fourth-order valence-corrected chi connectivity index (χ4v) is 5.67. The highest BCUT2D eigenvalue weighted by Gasteiger charge is 2.53. The van der Waals surface area contributed by atoms with E-state index in [0.29, 0.717) is 17.9 Å². The van der Waals surface area contributed by atoms with Crippen LogP contribution in [-0.4, -0.2) is 60.5 Å². The Bertz CT molecular complexity index is 591. The molecule has 5 nitrogen and oxygen atoms in total. The molecule has 0 aromatic rings. The SMILES string of the molecule is CO[C@@H]1CCCN(CC(C)[C@@H]2CC[C@@H](C)[C@]3(O)[CH][C@@H](OC(C)=O)C(C)=C[C@H]23)C1. The number of hydrogen-bond donors (Lipinski definition) is 1. The Balaban J connectivity index is 1.75. The molecule has 28 heavy (non-hydrogen) atoms. The Hall–Kier alpha value is -0.910. The molecular formula is C23H38NO4. The van der Waals surface area contributed by atoms with Crippen LogP contribution in [-0.2, 0) is 14.3 Å². The Morgan fingerprint density at radius 2 is 2.14 bits per heavy atom. The predicted octanol–water partition coefficient (Wildman–Crippen LogP) is 3.22. The van der Waals surface area contributed by atoms with Gasteiger partial charge in [-0.1, -0.05) is 19.9 Å². The molecule has 2 aliphatic carbocycles. The normalized spacial score (nSPS) is 40.4. The van der Waals surface area contributed by atoms with Gasteiger partial charge in [0.2, 0.25) is 0 Å². The molecule has 1 N–H and O–H groups in total. The second kappa shape index (κ2) is 8.85. The first-order valence-corrected chi connectivity index (χ1v) is 10.9. The lowest BCUT2D eigenvalue weighted by atomic mass is 9.57. The Labute approximate surface area is 170 Å². The highest BCUT2D eigenvalue weighted by Crippen LogP contribution is 2.50. The zero-order valence-corrected chi connectivity index (χ0v) is 18.2. The number of rotatable bonds is 5. The third kappa shape index (κ3) is 4.47. The second-order valence-corrected chi connectivity index (χ2v) is 9.40. The molecule has 1 unspecified atom stereocenters. The molecule has 0 aromatic heterocycles. The molecule has 5 heteroatoms. The lowest BCUT2D eigenvalue weighted by Crippen LogP contribution is -2.57. The Morgan fingerprint density at radius 3 is 2.82 bits per heavy atom. The number of methoxy groups -OCH3 is 1. The molecule has 1 saturated carbocycles. The molecule has 0 spiro atoms. The molecule has 1 heterocycles. The summed E-state index contributed by atoms with van der Waals surface area (Å²) >= 11 is 0. The highest BCUT2D eigenvalue weighted by atomic mass is 16.5. The maximum Gasteiger partial charge on any atom is 0.303 e. The molecule has 0 bridgehead atoms. The summed E-state index contributed by atoms with van der Waals surface area (Å²) < 4.78 is 11.0. The van der Waals surface area contributed by atoms with Crippen molar-refractivity contribution in [2.75, 3.05) is 26.7 Å². The molecule has 159 valence electrons. The minimum absolute atomic E-state index is 0.0843. The van der Waals surface area contributed by atoms with Crippen LogP contribution in [0.15, 0.2) is 11.6 Å². The van der Waals surface area contributed by atoms with E-state index in [1.54, 1.807) is 0 Å². The van der Waals surface area contributed by atoms with Gasteiger partial charge in [0.1, 0.15) is 6.10 Å². The fraction of sp³-hybridized carbons (Fsp3) is 0.826. The summed E-state index contributed by atoms with van der Waals surface area (Å²) in [5, 5.41) is 11.6. The van der Waals surface area contributed by atoms with E-state index in [-0.39, 0.29) is 17.8 Å². The van der Waals surface area contributed by atoms with Gasteiger partial charge in [0, 0.05) is 39.5 Å². The van der Waals surface area contributed by atoms with Crippen LogP contribution in [0.1, 0.15) is 53.4 Å². The van der Waals surface area contributed by atoms with Crippen molar-refractivity contribution in [3.8, 4) is 0 Å². The fourth-order valence-electron chi connectivity index (χ4n) is 5.67. The number of aliphatic hydroxyl groups is 1. The van der Waals surface area contributed by atoms with Crippen LogP contribution in [0, 0.1) is 30.1 Å². The second-order valence-electron chi connectivity index (χ2n) is 9.40. The van der Waals surface area contributed by atoms with Crippen molar-refractivity contribution >= 4 is 5.97 Å². The number of esters is 1. The van der Waals surface area contributed by atoms with Gasteiger partial charge in [0.25, 0.3) is 0 Å².